The molecule has 1 N–H and O–H groups in total. The van der Waals surface area contributed by atoms with Crippen LogP contribution in [0, 0.1) is 0 Å². The van der Waals surface area contributed by atoms with Crippen molar-refractivity contribution >= 4 is 5.97 Å². The average molecular weight is 302 g/mol. The van der Waals surface area contributed by atoms with Gasteiger partial charge >= 0.3 is 5.97 Å². The molecule has 0 aliphatic carbocycles. The zero-order valence-corrected chi connectivity index (χ0v) is 14.0. The Morgan fingerprint density at radius 3 is 2.19 bits per heavy atom. The highest BCUT2D eigenvalue weighted by Crippen LogP contribution is 2.18. The molecule has 0 bridgehead atoms. The molecule has 0 aromatic heterocycles. The molecule has 1 rings (SSSR count). The predicted molar refractivity (Wildman–Crippen MR) is 81.4 cm³/mol. The molecule has 1 heterocycles. The molecular weight excluding hydrogens is 272 g/mol. The number of hydrogen-bond donors (Lipinski definition) is 1. The number of nitrogens with one attached hydrogen (secondary N) is 1. The van der Waals surface area contributed by atoms with E-state index in [-0.39, 0.29) is 18.2 Å². The van der Waals surface area contributed by atoms with Gasteiger partial charge in [-0.25, -0.2) is 0 Å². The number of likely N-dealkylation sites (tertiary alicyclic amines) is 1. The summed E-state index contributed by atoms with van der Waals surface area (Å²) in [6.07, 6.45) is 3.10. The molecule has 0 amide bonds. The van der Waals surface area contributed by atoms with E-state index in [1.807, 2.05) is 6.92 Å². The van der Waals surface area contributed by atoms with Crippen LogP contribution in [0.2, 0.25) is 0 Å². The van der Waals surface area contributed by atoms with Gasteiger partial charge in [-0.05, 0) is 39.8 Å². The van der Waals surface area contributed by atoms with E-state index >= 15 is 0 Å². The van der Waals surface area contributed by atoms with E-state index in [1.165, 1.54) is 7.11 Å². The van der Waals surface area contributed by atoms with Gasteiger partial charge in [-0.15, -0.1) is 0 Å². The fourth-order valence-electron chi connectivity index (χ4n) is 2.82. The molecular formula is C15H30N2O4. The minimum Gasteiger partial charge on any atom is -0.468 e. The fraction of sp³-hybridized carbons (Fsp3) is 0.933. The number of nitrogens with zero attached hydrogens (tertiary/aromatic N) is 1. The van der Waals surface area contributed by atoms with Gasteiger partial charge in [-0.3, -0.25) is 9.69 Å². The topological polar surface area (TPSA) is 60.0 Å². The summed E-state index contributed by atoms with van der Waals surface area (Å²) in [5.74, 6) is -0.204. The molecule has 6 heteroatoms. The Bertz CT molecular complexity index is 315. The summed E-state index contributed by atoms with van der Waals surface area (Å²) < 4.78 is 15.7. The van der Waals surface area contributed by atoms with Crippen LogP contribution in [0.25, 0.3) is 0 Å². The smallest absolute Gasteiger partial charge is 0.325 e. The van der Waals surface area contributed by atoms with E-state index in [1.54, 1.807) is 21.3 Å². The summed E-state index contributed by atoms with van der Waals surface area (Å²) in [5.41, 5.74) is -0.593. The van der Waals surface area contributed by atoms with E-state index in [9.17, 15) is 4.79 Å². The van der Waals surface area contributed by atoms with Gasteiger partial charge in [0.05, 0.1) is 19.3 Å². The van der Waals surface area contributed by atoms with Gasteiger partial charge in [0.15, 0.2) is 0 Å². The lowest BCUT2D eigenvalue weighted by atomic mass is 9.95. The Balaban J connectivity index is 2.30. The summed E-state index contributed by atoms with van der Waals surface area (Å²) in [7, 11) is 6.69. The number of likely N-dealkylation sites (N-methyl/N-ethyl adjacent to an activating group) is 1. The van der Waals surface area contributed by atoms with Crippen molar-refractivity contribution in [2.45, 2.75) is 43.9 Å². The minimum absolute atomic E-state index is 0.160. The van der Waals surface area contributed by atoms with Gasteiger partial charge in [0.2, 0.25) is 0 Å². The van der Waals surface area contributed by atoms with Crippen LogP contribution in [0.3, 0.4) is 0 Å². The Morgan fingerprint density at radius 2 is 1.76 bits per heavy atom. The summed E-state index contributed by atoms with van der Waals surface area (Å²) in [5, 5.41) is 3.06. The standard InChI is InChI=1S/C15H30N2O4/c1-15(16-2,14(18)21-5)8-6-7-9-17-10-12(19-3)13(11-17)20-4/h12-13,16H,6-11H2,1-5H3. The van der Waals surface area contributed by atoms with Crippen molar-refractivity contribution in [2.24, 2.45) is 0 Å². The van der Waals surface area contributed by atoms with Gasteiger partial charge in [-0.2, -0.15) is 0 Å². The van der Waals surface area contributed by atoms with Crippen LogP contribution in [-0.2, 0) is 19.0 Å². The molecule has 21 heavy (non-hydrogen) atoms. The van der Waals surface area contributed by atoms with Crippen LogP contribution in [0.4, 0.5) is 0 Å². The van der Waals surface area contributed by atoms with Crippen LogP contribution in [-0.4, -0.2) is 76.6 Å². The van der Waals surface area contributed by atoms with Gasteiger partial charge in [0, 0.05) is 27.3 Å². The summed E-state index contributed by atoms with van der Waals surface area (Å²) >= 11 is 0. The second kappa shape index (κ2) is 8.68. The molecule has 1 aliphatic rings. The molecule has 1 aliphatic heterocycles. The number of ether oxygens (including phenoxy) is 3. The van der Waals surface area contributed by atoms with E-state index in [2.05, 4.69) is 10.2 Å². The lowest BCUT2D eigenvalue weighted by Crippen LogP contribution is -2.48. The van der Waals surface area contributed by atoms with Crippen molar-refractivity contribution in [3.8, 4) is 0 Å². The van der Waals surface area contributed by atoms with Crippen LogP contribution in [0.15, 0.2) is 0 Å². The summed E-state index contributed by atoms with van der Waals surface area (Å²) in [4.78, 5) is 14.1. The molecule has 3 atom stereocenters. The van der Waals surface area contributed by atoms with E-state index in [0.29, 0.717) is 0 Å². The van der Waals surface area contributed by atoms with Crippen LogP contribution < -0.4 is 5.32 Å². The third kappa shape index (κ3) is 4.92. The molecule has 0 spiro atoms. The van der Waals surface area contributed by atoms with Crippen molar-refractivity contribution < 1.29 is 19.0 Å². The van der Waals surface area contributed by atoms with Crippen molar-refractivity contribution in [1.29, 1.82) is 0 Å². The summed E-state index contributed by atoms with van der Waals surface area (Å²) in [6.45, 7) is 4.71. The zero-order chi connectivity index (χ0) is 15.9. The molecule has 3 unspecified atom stereocenters. The highest BCUT2D eigenvalue weighted by molar-refractivity contribution is 5.80. The number of methoxy groups -OCH3 is 3. The maximum atomic E-state index is 11.8. The molecule has 1 saturated heterocycles. The number of carbonyl (C=O) groups excluding carboxylic acids is 1. The SMILES string of the molecule is CNC(C)(CCCCN1CC(OC)C(OC)C1)C(=O)OC. The highest BCUT2D eigenvalue weighted by atomic mass is 16.5. The van der Waals surface area contributed by atoms with Crippen molar-refractivity contribution in [2.75, 3.05) is 48.0 Å². The van der Waals surface area contributed by atoms with Gasteiger partial charge in [0.1, 0.15) is 5.54 Å². The largest absolute Gasteiger partial charge is 0.468 e. The van der Waals surface area contributed by atoms with E-state index in [4.69, 9.17) is 14.2 Å². The lowest BCUT2D eigenvalue weighted by molar-refractivity contribution is -0.148. The monoisotopic (exact) mass is 302 g/mol. The van der Waals surface area contributed by atoms with E-state index < -0.39 is 5.54 Å². The number of carbonyl (C=O) groups is 1. The first-order valence-corrected chi connectivity index (χ1v) is 7.56. The number of esters is 1. The van der Waals surface area contributed by atoms with Crippen LogP contribution >= 0.6 is 0 Å². The van der Waals surface area contributed by atoms with Gasteiger partial charge in [-0.1, -0.05) is 0 Å². The number of rotatable bonds is 9. The highest BCUT2D eigenvalue weighted by Gasteiger charge is 2.34. The first-order valence-electron chi connectivity index (χ1n) is 7.56. The molecule has 124 valence electrons. The molecule has 0 saturated carbocycles. The minimum atomic E-state index is -0.593. The maximum Gasteiger partial charge on any atom is 0.325 e. The Kier molecular flexibility index (Phi) is 7.59. The molecule has 6 nitrogen and oxygen atoms in total. The number of unbranched alkanes of at least 4 members (excludes halogenated alkanes) is 1. The third-order valence-electron chi connectivity index (χ3n) is 4.49. The Labute approximate surface area is 128 Å². The van der Waals surface area contributed by atoms with Gasteiger partial charge < -0.3 is 19.5 Å². The van der Waals surface area contributed by atoms with Crippen LogP contribution in [0.1, 0.15) is 26.2 Å². The molecule has 0 aromatic carbocycles. The van der Waals surface area contributed by atoms with Crippen molar-refractivity contribution in [3.05, 3.63) is 0 Å². The van der Waals surface area contributed by atoms with Gasteiger partial charge in [0.25, 0.3) is 0 Å². The Morgan fingerprint density at radius 1 is 1.19 bits per heavy atom. The average Bonchev–Trinajstić information content (AvgIpc) is 2.92. The first kappa shape index (κ1) is 18.4. The van der Waals surface area contributed by atoms with Crippen LogP contribution in [0.5, 0.6) is 0 Å². The van der Waals surface area contributed by atoms with Crippen molar-refractivity contribution in [1.82, 2.24) is 10.2 Å². The lowest BCUT2D eigenvalue weighted by Gasteiger charge is -2.26. The second-order valence-corrected chi connectivity index (χ2v) is 5.84. The predicted octanol–water partition coefficient (Wildman–Crippen LogP) is 0.653. The van der Waals surface area contributed by atoms with E-state index in [0.717, 1.165) is 38.9 Å². The fourth-order valence-corrected chi connectivity index (χ4v) is 2.82. The molecule has 0 aromatic rings. The summed E-state index contributed by atoms with van der Waals surface area (Å²) in [6, 6.07) is 0. The third-order valence-corrected chi connectivity index (χ3v) is 4.49. The number of hydrogen-bond acceptors (Lipinski definition) is 6. The quantitative estimate of drug-likeness (QED) is 0.498. The van der Waals surface area contributed by atoms with Crippen molar-refractivity contribution in [3.63, 3.8) is 0 Å². The maximum absolute atomic E-state index is 11.8. The first-order chi connectivity index (χ1) is 10.0. The molecule has 0 radical (unpaired) electrons. The normalized spacial score (nSPS) is 25.8. The second-order valence-electron chi connectivity index (χ2n) is 5.84. The zero-order valence-electron chi connectivity index (χ0n) is 14.0. The molecule has 1 fully saturated rings. The Hall–Kier alpha value is -0.690.